The van der Waals surface area contributed by atoms with Crippen molar-refractivity contribution in [1.82, 2.24) is 0 Å². The molecule has 1 aliphatic carbocycles. The van der Waals surface area contributed by atoms with Gasteiger partial charge in [-0.05, 0) is 42.5 Å². The van der Waals surface area contributed by atoms with Crippen LogP contribution < -0.4 is 5.73 Å². The predicted octanol–water partition coefficient (Wildman–Crippen LogP) is 4.36. The second-order valence-corrected chi connectivity index (χ2v) is 5.83. The van der Waals surface area contributed by atoms with E-state index in [1.165, 1.54) is 12.8 Å². The van der Waals surface area contributed by atoms with Crippen molar-refractivity contribution in [3.63, 3.8) is 0 Å². The molecule has 16 heavy (non-hydrogen) atoms. The van der Waals surface area contributed by atoms with Crippen LogP contribution in [0.2, 0.25) is 10.0 Å². The molecule has 1 aromatic rings. The maximum Gasteiger partial charge on any atom is 0.0457 e. The Bertz CT molecular complexity index is 392. The highest BCUT2D eigenvalue weighted by Gasteiger charge is 2.34. The molecule has 1 saturated carbocycles. The fourth-order valence-electron chi connectivity index (χ4n) is 2.72. The molecule has 0 saturated heterocycles. The first-order chi connectivity index (χ1) is 7.51. The van der Waals surface area contributed by atoms with Crippen LogP contribution >= 0.6 is 23.2 Å². The first-order valence-electron chi connectivity index (χ1n) is 5.76. The molecule has 0 amide bonds. The maximum atomic E-state index is 6.50. The molecule has 2 unspecified atom stereocenters. The lowest BCUT2D eigenvalue weighted by Crippen LogP contribution is -2.41. The minimum Gasteiger partial charge on any atom is -0.321 e. The molecule has 2 atom stereocenters. The summed E-state index contributed by atoms with van der Waals surface area (Å²) in [5.41, 5.74) is 7.21. The minimum atomic E-state index is -0.292. The molecule has 0 spiro atoms. The Balaban J connectivity index is 2.37. The summed E-state index contributed by atoms with van der Waals surface area (Å²) in [6.07, 6.45) is 4.42. The third-order valence-electron chi connectivity index (χ3n) is 3.50. The lowest BCUT2D eigenvalue weighted by molar-refractivity contribution is 0.239. The third kappa shape index (κ3) is 2.37. The lowest BCUT2D eigenvalue weighted by atomic mass is 9.73. The first kappa shape index (κ1) is 12.2. The minimum absolute atomic E-state index is 0.292. The molecule has 3 heteroatoms. The summed E-state index contributed by atoms with van der Waals surface area (Å²) in [6.45, 7) is 2.25. The Labute approximate surface area is 107 Å². The molecule has 0 heterocycles. The first-order valence-corrected chi connectivity index (χ1v) is 6.51. The molecule has 1 nitrogen and oxygen atoms in total. The lowest BCUT2D eigenvalue weighted by Gasteiger charge is -2.37. The van der Waals surface area contributed by atoms with Crippen molar-refractivity contribution in [2.75, 3.05) is 0 Å². The van der Waals surface area contributed by atoms with Crippen molar-refractivity contribution in [1.29, 1.82) is 0 Å². The zero-order valence-corrected chi connectivity index (χ0v) is 11.0. The molecule has 1 fully saturated rings. The van der Waals surface area contributed by atoms with E-state index in [-0.39, 0.29) is 5.54 Å². The van der Waals surface area contributed by atoms with E-state index in [0.717, 1.165) is 23.4 Å². The smallest absolute Gasteiger partial charge is 0.0457 e. The highest BCUT2D eigenvalue weighted by Crippen LogP contribution is 2.41. The molecule has 1 aliphatic rings. The van der Waals surface area contributed by atoms with Crippen molar-refractivity contribution in [2.45, 2.75) is 38.1 Å². The van der Waals surface area contributed by atoms with Gasteiger partial charge in [0, 0.05) is 15.6 Å². The van der Waals surface area contributed by atoms with Crippen LogP contribution in [0.15, 0.2) is 18.2 Å². The van der Waals surface area contributed by atoms with Gasteiger partial charge < -0.3 is 5.73 Å². The van der Waals surface area contributed by atoms with E-state index in [4.69, 9.17) is 28.9 Å². The Hall–Kier alpha value is -0.240. The number of halogens is 2. The quantitative estimate of drug-likeness (QED) is 0.795. The Kier molecular flexibility index (Phi) is 3.48. The molecule has 2 rings (SSSR count). The molecule has 0 aromatic heterocycles. The second-order valence-electron chi connectivity index (χ2n) is 4.98. The van der Waals surface area contributed by atoms with Crippen molar-refractivity contribution in [3.8, 4) is 0 Å². The maximum absolute atomic E-state index is 6.50. The van der Waals surface area contributed by atoms with Gasteiger partial charge in [-0.25, -0.2) is 0 Å². The summed E-state index contributed by atoms with van der Waals surface area (Å²) in [5, 5.41) is 1.45. The largest absolute Gasteiger partial charge is 0.321 e. The van der Waals surface area contributed by atoms with Crippen LogP contribution in [0.4, 0.5) is 0 Å². The molecule has 0 aliphatic heterocycles. The molecule has 88 valence electrons. The van der Waals surface area contributed by atoms with Gasteiger partial charge in [0.2, 0.25) is 0 Å². The topological polar surface area (TPSA) is 26.0 Å². The normalized spacial score (nSPS) is 30.4. The molecule has 0 radical (unpaired) electrons. The summed E-state index contributed by atoms with van der Waals surface area (Å²) in [7, 11) is 0. The summed E-state index contributed by atoms with van der Waals surface area (Å²) < 4.78 is 0. The van der Waals surface area contributed by atoms with Crippen molar-refractivity contribution >= 4 is 23.2 Å². The van der Waals surface area contributed by atoms with Gasteiger partial charge in [0.25, 0.3) is 0 Å². The summed E-state index contributed by atoms with van der Waals surface area (Å²) >= 11 is 12.2. The average Bonchev–Trinajstić information content (AvgIpc) is 2.21. The van der Waals surface area contributed by atoms with E-state index in [9.17, 15) is 0 Å². The highest BCUT2D eigenvalue weighted by atomic mass is 35.5. The number of benzene rings is 1. The fraction of sp³-hybridized carbons (Fsp3) is 0.538. The van der Waals surface area contributed by atoms with E-state index in [0.29, 0.717) is 10.9 Å². The van der Waals surface area contributed by atoms with Crippen LogP contribution in [-0.4, -0.2) is 0 Å². The van der Waals surface area contributed by atoms with Crippen molar-refractivity contribution < 1.29 is 0 Å². The van der Waals surface area contributed by atoms with Gasteiger partial charge in [-0.3, -0.25) is 0 Å². The highest BCUT2D eigenvalue weighted by molar-refractivity contribution is 6.33. The van der Waals surface area contributed by atoms with Gasteiger partial charge in [0.05, 0.1) is 0 Å². The van der Waals surface area contributed by atoms with E-state index < -0.39 is 0 Å². The molecule has 0 bridgehead atoms. The monoisotopic (exact) mass is 257 g/mol. The standard InChI is InChI=1S/C13H17Cl2N/c1-9-3-2-6-13(16,8-9)11-7-10(14)4-5-12(11)15/h4-5,7,9H,2-3,6,8,16H2,1H3. The average molecular weight is 258 g/mol. The van der Waals surface area contributed by atoms with Crippen LogP contribution in [0.5, 0.6) is 0 Å². The van der Waals surface area contributed by atoms with E-state index >= 15 is 0 Å². The number of hydrogen-bond donors (Lipinski definition) is 1. The van der Waals surface area contributed by atoms with Gasteiger partial charge in [-0.2, -0.15) is 0 Å². The van der Waals surface area contributed by atoms with Gasteiger partial charge in [0.15, 0.2) is 0 Å². The number of rotatable bonds is 1. The SMILES string of the molecule is CC1CCCC(N)(c2cc(Cl)ccc2Cl)C1. The van der Waals surface area contributed by atoms with Crippen molar-refractivity contribution in [2.24, 2.45) is 11.7 Å². The van der Waals surface area contributed by atoms with Crippen LogP contribution in [-0.2, 0) is 5.54 Å². The molecular weight excluding hydrogens is 241 g/mol. The van der Waals surface area contributed by atoms with Crippen LogP contribution in [0.3, 0.4) is 0 Å². The molecule has 2 N–H and O–H groups in total. The predicted molar refractivity (Wildman–Crippen MR) is 70.0 cm³/mol. The third-order valence-corrected chi connectivity index (χ3v) is 4.06. The van der Waals surface area contributed by atoms with Crippen LogP contribution in [0.1, 0.15) is 38.2 Å². The van der Waals surface area contributed by atoms with Crippen LogP contribution in [0, 0.1) is 5.92 Å². The van der Waals surface area contributed by atoms with Gasteiger partial charge in [-0.15, -0.1) is 0 Å². The van der Waals surface area contributed by atoms with Gasteiger partial charge in [0.1, 0.15) is 0 Å². The van der Waals surface area contributed by atoms with E-state index in [2.05, 4.69) is 6.92 Å². The van der Waals surface area contributed by atoms with E-state index in [1.807, 2.05) is 18.2 Å². The van der Waals surface area contributed by atoms with Crippen LogP contribution in [0.25, 0.3) is 0 Å². The summed E-state index contributed by atoms with van der Waals surface area (Å²) in [4.78, 5) is 0. The van der Waals surface area contributed by atoms with Gasteiger partial charge >= 0.3 is 0 Å². The summed E-state index contributed by atoms with van der Waals surface area (Å²) in [6, 6.07) is 5.57. The molecular formula is C13H17Cl2N. The fourth-order valence-corrected chi connectivity index (χ4v) is 3.19. The number of nitrogens with two attached hydrogens (primary N) is 1. The zero-order valence-electron chi connectivity index (χ0n) is 9.47. The second kappa shape index (κ2) is 4.56. The Morgan fingerprint density at radius 1 is 1.38 bits per heavy atom. The Morgan fingerprint density at radius 3 is 2.81 bits per heavy atom. The van der Waals surface area contributed by atoms with Gasteiger partial charge in [-0.1, -0.05) is 43.0 Å². The number of hydrogen-bond acceptors (Lipinski definition) is 1. The molecule has 1 aromatic carbocycles. The zero-order chi connectivity index (χ0) is 11.8. The van der Waals surface area contributed by atoms with Crippen molar-refractivity contribution in [3.05, 3.63) is 33.8 Å². The Morgan fingerprint density at radius 2 is 2.12 bits per heavy atom. The summed E-state index contributed by atoms with van der Waals surface area (Å²) in [5.74, 6) is 0.661. The van der Waals surface area contributed by atoms with E-state index in [1.54, 1.807) is 0 Å².